The van der Waals surface area contributed by atoms with Crippen LogP contribution in [0, 0.1) is 0 Å². The number of nitrogens with zero attached hydrogens (tertiary/aromatic N) is 1. The average molecular weight is 255 g/mol. The van der Waals surface area contributed by atoms with Crippen LogP contribution in [0.3, 0.4) is 0 Å². The summed E-state index contributed by atoms with van der Waals surface area (Å²) in [6, 6.07) is -0.611. The van der Waals surface area contributed by atoms with Crippen LogP contribution in [-0.4, -0.2) is 18.0 Å². The summed E-state index contributed by atoms with van der Waals surface area (Å²) in [6.45, 7) is 0. The molecule has 0 fully saturated rings. The second-order valence-corrected chi connectivity index (χ2v) is 5.47. The molecule has 1 heterocycles. The van der Waals surface area contributed by atoms with Gasteiger partial charge in [0.1, 0.15) is 0 Å². The van der Waals surface area contributed by atoms with E-state index in [1.165, 1.54) is 15.3 Å². The molecule has 2 amide bonds. The smallest absolute Gasteiger partial charge is 0.332 e. The Morgan fingerprint density at radius 2 is 2.44 bits per heavy atom. The van der Waals surface area contributed by atoms with Crippen LogP contribution in [0.15, 0.2) is 14.7 Å². The number of hydrogen-bond acceptors (Lipinski definition) is 4. The summed E-state index contributed by atoms with van der Waals surface area (Å²) in [7, 11) is 0. The molecule has 16 heavy (non-hydrogen) atoms. The van der Waals surface area contributed by atoms with E-state index in [0.717, 1.165) is 25.0 Å². The summed E-state index contributed by atoms with van der Waals surface area (Å²) < 4.78 is 1.26. The first-order valence-corrected chi connectivity index (χ1v) is 7.09. The van der Waals surface area contributed by atoms with Crippen molar-refractivity contribution >= 4 is 34.8 Å². The Kier molecular flexibility index (Phi) is 3.50. The topological polar surface area (TPSA) is 67.5 Å². The number of hydrogen-bond donors (Lipinski definition) is 2. The molecule has 0 bridgehead atoms. The molecule has 3 N–H and O–H groups in total. The molecule has 0 aromatic carbocycles. The number of rotatable bonds is 2. The molecule has 1 aliphatic carbocycles. The molecule has 0 unspecified atom stereocenters. The highest BCUT2D eigenvalue weighted by Crippen LogP contribution is 2.35. The van der Waals surface area contributed by atoms with Gasteiger partial charge in [-0.1, -0.05) is 0 Å². The van der Waals surface area contributed by atoms with E-state index in [2.05, 4.69) is 22.2 Å². The second-order valence-electron chi connectivity index (χ2n) is 3.52. The van der Waals surface area contributed by atoms with E-state index in [9.17, 15) is 4.79 Å². The third kappa shape index (κ3) is 2.22. The number of aryl methyl sites for hydroxylation is 1. The lowest BCUT2D eigenvalue weighted by atomic mass is 9.94. The number of thioether (sulfide) groups is 1. The van der Waals surface area contributed by atoms with E-state index in [-0.39, 0.29) is 0 Å². The zero-order valence-electron chi connectivity index (χ0n) is 8.95. The maximum absolute atomic E-state index is 10.6. The monoisotopic (exact) mass is 255 g/mol. The number of amides is 2. The zero-order valence-corrected chi connectivity index (χ0v) is 10.6. The van der Waals surface area contributed by atoms with Crippen LogP contribution in [0.2, 0.25) is 0 Å². The van der Waals surface area contributed by atoms with Gasteiger partial charge in [0.25, 0.3) is 0 Å². The van der Waals surface area contributed by atoms with Crippen molar-refractivity contribution in [3.8, 4) is 0 Å². The molecule has 1 aliphatic rings. The quantitative estimate of drug-likeness (QED) is 0.628. The van der Waals surface area contributed by atoms with Crippen LogP contribution in [0.25, 0.3) is 0 Å². The number of hydrazone groups is 1. The Bertz CT molecular complexity index is 426. The number of thiophene rings is 1. The Morgan fingerprint density at radius 3 is 3.12 bits per heavy atom. The molecule has 6 heteroatoms. The highest BCUT2D eigenvalue weighted by atomic mass is 32.2. The summed E-state index contributed by atoms with van der Waals surface area (Å²) in [5.74, 6) is 0. The maximum Gasteiger partial charge on any atom is 0.332 e. The van der Waals surface area contributed by atoms with Crippen molar-refractivity contribution in [3.05, 3.63) is 16.5 Å². The lowest BCUT2D eigenvalue weighted by Gasteiger charge is -2.15. The van der Waals surface area contributed by atoms with Gasteiger partial charge in [-0.05, 0) is 36.5 Å². The predicted octanol–water partition coefficient (Wildman–Crippen LogP) is 2.18. The summed E-state index contributed by atoms with van der Waals surface area (Å²) in [5.41, 5.74) is 10.8. The molecular weight excluding hydrogens is 242 g/mol. The van der Waals surface area contributed by atoms with Crippen LogP contribution in [0.1, 0.15) is 24.0 Å². The molecule has 1 aromatic rings. The second kappa shape index (κ2) is 4.88. The number of carbonyl (C=O) groups excluding carboxylic acids is 1. The number of fused-ring (bicyclic) bond motifs is 1. The molecule has 0 radical (unpaired) electrons. The predicted molar refractivity (Wildman–Crippen MR) is 68.3 cm³/mol. The van der Waals surface area contributed by atoms with Crippen LogP contribution in [0.4, 0.5) is 4.79 Å². The van der Waals surface area contributed by atoms with Gasteiger partial charge in [0.05, 0.1) is 9.92 Å². The zero-order chi connectivity index (χ0) is 11.5. The minimum atomic E-state index is -0.611. The minimum Gasteiger partial charge on any atom is -0.350 e. The molecular formula is C10H13N3OS2. The lowest BCUT2D eigenvalue weighted by Crippen LogP contribution is -2.26. The van der Waals surface area contributed by atoms with Crippen LogP contribution >= 0.6 is 23.1 Å². The number of nitrogens with one attached hydrogen (secondary N) is 1. The summed E-state index contributed by atoms with van der Waals surface area (Å²) >= 11 is 3.46. The van der Waals surface area contributed by atoms with Gasteiger partial charge >= 0.3 is 6.03 Å². The summed E-state index contributed by atoms with van der Waals surface area (Å²) in [5, 5.41) is 6.27. The molecule has 0 saturated carbocycles. The van der Waals surface area contributed by atoms with E-state index in [0.29, 0.717) is 0 Å². The van der Waals surface area contributed by atoms with Crippen molar-refractivity contribution in [3.63, 3.8) is 0 Å². The minimum absolute atomic E-state index is 0.611. The van der Waals surface area contributed by atoms with E-state index >= 15 is 0 Å². The van der Waals surface area contributed by atoms with Crippen molar-refractivity contribution in [2.24, 2.45) is 10.8 Å². The van der Waals surface area contributed by atoms with E-state index in [4.69, 9.17) is 5.73 Å². The fourth-order valence-corrected chi connectivity index (χ4v) is 3.65. The van der Waals surface area contributed by atoms with Gasteiger partial charge in [-0.2, -0.15) is 5.10 Å². The Balaban J connectivity index is 2.34. The normalized spacial score (nSPS) is 17.2. The van der Waals surface area contributed by atoms with E-state index < -0.39 is 6.03 Å². The van der Waals surface area contributed by atoms with Crippen LogP contribution in [-0.2, 0) is 6.42 Å². The fraction of sp³-hybridized carbons (Fsp3) is 0.400. The average Bonchev–Trinajstić information content (AvgIpc) is 2.69. The highest BCUT2D eigenvalue weighted by molar-refractivity contribution is 8.00. The van der Waals surface area contributed by atoms with Gasteiger partial charge in [-0.25, -0.2) is 10.2 Å². The molecule has 0 atom stereocenters. The number of urea groups is 1. The SMILES string of the molecule is CSc1scc2c1/C(=N\NC(N)=O)CCC2. The lowest BCUT2D eigenvalue weighted by molar-refractivity contribution is 0.249. The number of carbonyl (C=O) groups is 1. The Labute approximate surface area is 102 Å². The van der Waals surface area contributed by atoms with Crippen molar-refractivity contribution in [1.29, 1.82) is 0 Å². The first-order valence-electron chi connectivity index (χ1n) is 4.99. The van der Waals surface area contributed by atoms with Crippen LogP contribution in [0.5, 0.6) is 0 Å². The third-order valence-corrected chi connectivity index (χ3v) is 4.65. The molecule has 1 aromatic heterocycles. The van der Waals surface area contributed by atoms with Gasteiger partial charge in [0.15, 0.2) is 0 Å². The molecule has 4 nitrogen and oxygen atoms in total. The highest BCUT2D eigenvalue weighted by Gasteiger charge is 2.21. The molecule has 0 aliphatic heterocycles. The standard InChI is InChI=1S/C10H13N3OS2/c1-15-9-8-6(5-16-9)3-2-4-7(8)12-13-10(11)14/h5H,2-4H2,1H3,(H3,11,13,14)/b12-7-. The van der Waals surface area contributed by atoms with Crippen molar-refractivity contribution in [1.82, 2.24) is 5.43 Å². The van der Waals surface area contributed by atoms with E-state index in [1.54, 1.807) is 23.1 Å². The molecule has 86 valence electrons. The largest absolute Gasteiger partial charge is 0.350 e. The summed E-state index contributed by atoms with van der Waals surface area (Å²) in [6.07, 6.45) is 5.14. The van der Waals surface area contributed by atoms with Crippen molar-refractivity contribution in [2.45, 2.75) is 23.5 Å². The third-order valence-electron chi connectivity index (χ3n) is 2.47. The van der Waals surface area contributed by atoms with Gasteiger partial charge in [0.2, 0.25) is 0 Å². The fourth-order valence-electron chi connectivity index (χ4n) is 1.82. The van der Waals surface area contributed by atoms with Crippen molar-refractivity contribution in [2.75, 3.05) is 6.26 Å². The van der Waals surface area contributed by atoms with Gasteiger partial charge in [-0.3, -0.25) is 0 Å². The Hall–Kier alpha value is -1.01. The number of nitrogens with two attached hydrogens (primary N) is 1. The maximum atomic E-state index is 10.6. The molecule has 0 saturated heterocycles. The van der Waals surface area contributed by atoms with E-state index in [1.807, 2.05) is 0 Å². The first-order chi connectivity index (χ1) is 7.72. The molecule has 2 rings (SSSR count). The van der Waals surface area contributed by atoms with Crippen LogP contribution < -0.4 is 11.2 Å². The summed E-state index contributed by atoms with van der Waals surface area (Å²) in [4.78, 5) is 10.6. The first kappa shape index (κ1) is 11.5. The van der Waals surface area contributed by atoms with Gasteiger partial charge in [0, 0.05) is 5.56 Å². The van der Waals surface area contributed by atoms with Gasteiger partial charge in [-0.15, -0.1) is 23.1 Å². The van der Waals surface area contributed by atoms with Gasteiger partial charge < -0.3 is 5.73 Å². The number of primary amides is 1. The Morgan fingerprint density at radius 1 is 1.62 bits per heavy atom. The van der Waals surface area contributed by atoms with Crippen molar-refractivity contribution < 1.29 is 4.79 Å². The molecule has 0 spiro atoms.